The van der Waals surface area contributed by atoms with Crippen molar-refractivity contribution in [2.24, 2.45) is 0 Å². The Morgan fingerprint density at radius 1 is 0.725 bits per heavy atom. The van der Waals surface area contributed by atoms with Gasteiger partial charge in [-0.25, -0.2) is 4.79 Å². The molecule has 3 rings (SSSR count). The van der Waals surface area contributed by atoms with E-state index in [1.807, 2.05) is 24.3 Å². The van der Waals surface area contributed by atoms with Crippen LogP contribution in [0.25, 0.3) is 10.9 Å². The Morgan fingerprint density at radius 3 is 1.80 bits per heavy atom. The molecule has 0 spiro atoms. The number of Topliss-reactive ketones (excluding diaryl/α,β-unsaturated/α-hetero) is 1. The van der Waals surface area contributed by atoms with Gasteiger partial charge in [-0.05, 0) is 30.2 Å². The smallest absolute Gasteiger partial charge is 0.508 e. The van der Waals surface area contributed by atoms with Crippen LogP contribution in [0.15, 0.2) is 48.5 Å². The summed E-state index contributed by atoms with van der Waals surface area (Å²) in [5.41, 5.74) is 1.93. The van der Waals surface area contributed by atoms with Gasteiger partial charge in [-0.3, -0.25) is 4.79 Å². The zero-order chi connectivity index (χ0) is 28.6. The van der Waals surface area contributed by atoms with Crippen LogP contribution in [0, 0.1) is 0 Å². The van der Waals surface area contributed by atoms with Crippen LogP contribution in [-0.2, 0) is 6.54 Å². The quantitative estimate of drug-likeness (QED) is 0.0831. The molecule has 0 saturated heterocycles. The van der Waals surface area contributed by atoms with Gasteiger partial charge >= 0.3 is 6.16 Å². The lowest BCUT2D eigenvalue weighted by Gasteiger charge is -2.11. The van der Waals surface area contributed by atoms with E-state index in [9.17, 15) is 19.8 Å². The summed E-state index contributed by atoms with van der Waals surface area (Å²) < 4.78 is 6.95. The summed E-state index contributed by atoms with van der Waals surface area (Å²) in [6.07, 6.45) is 17.8. The van der Waals surface area contributed by atoms with E-state index >= 15 is 0 Å². The summed E-state index contributed by atoms with van der Waals surface area (Å²) >= 11 is 0. The van der Waals surface area contributed by atoms with Crippen molar-refractivity contribution in [1.82, 2.24) is 4.57 Å². The molecule has 2 N–H and O–H groups in total. The summed E-state index contributed by atoms with van der Waals surface area (Å²) in [7, 11) is 0. The van der Waals surface area contributed by atoms with E-state index in [1.165, 1.54) is 77.0 Å². The van der Waals surface area contributed by atoms with Crippen LogP contribution in [-0.4, -0.2) is 26.7 Å². The first-order valence-electron chi connectivity index (χ1n) is 15.3. The lowest BCUT2D eigenvalue weighted by Crippen LogP contribution is -2.12. The van der Waals surface area contributed by atoms with E-state index in [-0.39, 0.29) is 17.4 Å². The van der Waals surface area contributed by atoms with Gasteiger partial charge in [0.25, 0.3) is 0 Å². The fourth-order valence-corrected chi connectivity index (χ4v) is 5.46. The topological polar surface area (TPSA) is 88.8 Å². The van der Waals surface area contributed by atoms with Gasteiger partial charge in [0.15, 0.2) is 5.78 Å². The minimum Gasteiger partial charge on any atom is -0.508 e. The summed E-state index contributed by atoms with van der Waals surface area (Å²) in [5, 5.41) is 19.8. The van der Waals surface area contributed by atoms with E-state index in [2.05, 4.69) is 6.92 Å². The van der Waals surface area contributed by atoms with Crippen LogP contribution < -0.4 is 4.74 Å². The molecular weight excluding hydrogens is 502 g/mol. The Balaban J connectivity index is 1.47. The molecule has 2 aromatic carbocycles. The molecule has 0 fully saturated rings. The Morgan fingerprint density at radius 2 is 1.25 bits per heavy atom. The molecule has 40 heavy (non-hydrogen) atoms. The number of fused-ring (bicyclic) bond motifs is 1. The van der Waals surface area contributed by atoms with Gasteiger partial charge in [0.1, 0.15) is 5.75 Å². The van der Waals surface area contributed by atoms with Crippen molar-refractivity contribution in [1.29, 1.82) is 0 Å². The Bertz CT molecular complexity index is 1180. The van der Waals surface area contributed by atoms with Crippen LogP contribution in [0.1, 0.15) is 126 Å². The second-order valence-electron chi connectivity index (χ2n) is 10.9. The monoisotopic (exact) mass is 549 g/mol. The standard InChI is InChI=1S/C34H47NO5/c1-2-3-4-5-6-7-8-9-10-11-12-13-14-15-16-21-31(37)32-29-19-17-18-20-30(29)35(33(32)40-34(38)39)26-27-22-24-28(36)25-23-27/h17-20,22-25,36H,2-16,21,26H2,1H3,(H,38,39). The van der Waals surface area contributed by atoms with Gasteiger partial charge in [-0.1, -0.05) is 127 Å². The van der Waals surface area contributed by atoms with Crippen LogP contribution >= 0.6 is 0 Å². The number of hydrogen-bond donors (Lipinski definition) is 2. The van der Waals surface area contributed by atoms with E-state index < -0.39 is 6.16 Å². The average molecular weight is 550 g/mol. The van der Waals surface area contributed by atoms with Crippen molar-refractivity contribution in [3.63, 3.8) is 0 Å². The van der Waals surface area contributed by atoms with Gasteiger partial charge in [0.2, 0.25) is 5.88 Å². The number of benzene rings is 2. The maximum Gasteiger partial charge on any atom is 0.512 e. The molecule has 1 aromatic heterocycles. The number of carboxylic acid groups (broad SMARTS) is 1. The number of nitrogens with zero attached hydrogens (tertiary/aromatic N) is 1. The molecule has 0 radical (unpaired) electrons. The van der Waals surface area contributed by atoms with Crippen LogP contribution in [0.3, 0.4) is 0 Å². The lowest BCUT2D eigenvalue weighted by atomic mass is 10.0. The second kappa shape index (κ2) is 17.4. The molecule has 0 aliphatic carbocycles. The molecule has 0 atom stereocenters. The van der Waals surface area contributed by atoms with E-state index in [1.54, 1.807) is 28.8 Å². The summed E-state index contributed by atoms with van der Waals surface area (Å²) in [4.78, 5) is 25.0. The molecule has 6 nitrogen and oxygen atoms in total. The third-order valence-corrected chi connectivity index (χ3v) is 7.67. The van der Waals surface area contributed by atoms with E-state index in [0.29, 0.717) is 23.9 Å². The van der Waals surface area contributed by atoms with Crippen molar-refractivity contribution in [2.45, 2.75) is 116 Å². The number of para-hydroxylation sites is 1. The number of hydrogen-bond acceptors (Lipinski definition) is 4. The molecule has 0 amide bonds. The van der Waals surface area contributed by atoms with Crippen molar-refractivity contribution in [3.05, 3.63) is 59.7 Å². The molecule has 218 valence electrons. The van der Waals surface area contributed by atoms with Crippen molar-refractivity contribution in [3.8, 4) is 11.6 Å². The minimum atomic E-state index is -1.45. The highest BCUT2D eigenvalue weighted by atomic mass is 16.7. The molecule has 6 heteroatoms. The summed E-state index contributed by atoms with van der Waals surface area (Å²) in [6, 6.07) is 14.1. The number of ether oxygens (including phenoxy) is 1. The normalized spacial score (nSPS) is 11.2. The number of unbranched alkanes of at least 4 members (excludes halogenated alkanes) is 14. The molecule has 0 aliphatic heterocycles. The number of phenols is 1. The first-order chi connectivity index (χ1) is 19.5. The molecule has 0 unspecified atom stereocenters. The van der Waals surface area contributed by atoms with E-state index in [0.717, 1.165) is 30.3 Å². The molecule has 1 heterocycles. The van der Waals surface area contributed by atoms with Gasteiger partial charge in [-0.2, -0.15) is 0 Å². The third kappa shape index (κ3) is 10.0. The fraction of sp³-hybridized carbons (Fsp3) is 0.529. The third-order valence-electron chi connectivity index (χ3n) is 7.67. The van der Waals surface area contributed by atoms with Crippen LogP contribution in [0.5, 0.6) is 11.6 Å². The maximum absolute atomic E-state index is 13.4. The highest BCUT2D eigenvalue weighted by Crippen LogP contribution is 2.35. The number of phenolic OH excluding ortho intramolecular Hbond substituents is 1. The Labute approximate surface area is 239 Å². The lowest BCUT2D eigenvalue weighted by molar-refractivity contribution is 0.0975. The highest BCUT2D eigenvalue weighted by Gasteiger charge is 2.25. The second-order valence-corrected chi connectivity index (χ2v) is 10.9. The Kier molecular flexibility index (Phi) is 13.6. The zero-order valence-electron chi connectivity index (χ0n) is 24.2. The number of carbonyl (C=O) groups excluding carboxylic acids is 1. The highest BCUT2D eigenvalue weighted by molar-refractivity contribution is 6.11. The van der Waals surface area contributed by atoms with Gasteiger partial charge in [0.05, 0.1) is 17.6 Å². The molecular formula is C34H47NO5. The SMILES string of the molecule is CCCCCCCCCCCCCCCCCC(=O)c1c(OC(=O)O)n(Cc2ccc(O)cc2)c2ccccc12. The van der Waals surface area contributed by atoms with Gasteiger partial charge in [-0.15, -0.1) is 0 Å². The minimum absolute atomic E-state index is 0.0627. The molecule has 0 aliphatic rings. The number of carbonyl (C=O) groups is 2. The van der Waals surface area contributed by atoms with Gasteiger partial charge in [0, 0.05) is 11.8 Å². The predicted octanol–water partition coefficient (Wildman–Crippen LogP) is 9.90. The Hall–Kier alpha value is -3.28. The largest absolute Gasteiger partial charge is 0.512 e. The number of aromatic nitrogens is 1. The predicted molar refractivity (Wildman–Crippen MR) is 162 cm³/mol. The average Bonchev–Trinajstić information content (AvgIpc) is 3.24. The summed E-state index contributed by atoms with van der Waals surface area (Å²) in [5.74, 6) is 0.127. The molecule has 0 bridgehead atoms. The maximum atomic E-state index is 13.4. The molecule has 3 aromatic rings. The van der Waals surface area contributed by atoms with Crippen LogP contribution in [0.2, 0.25) is 0 Å². The number of aromatic hydroxyl groups is 1. The van der Waals surface area contributed by atoms with Crippen molar-refractivity contribution in [2.75, 3.05) is 0 Å². The number of ketones is 1. The molecule has 0 saturated carbocycles. The fourth-order valence-electron chi connectivity index (χ4n) is 5.46. The first-order valence-corrected chi connectivity index (χ1v) is 15.3. The number of rotatable bonds is 20. The van der Waals surface area contributed by atoms with Crippen molar-refractivity contribution < 1.29 is 24.5 Å². The first kappa shape index (κ1) is 31.3. The van der Waals surface area contributed by atoms with E-state index in [4.69, 9.17) is 4.74 Å². The van der Waals surface area contributed by atoms with Crippen molar-refractivity contribution >= 4 is 22.8 Å². The van der Waals surface area contributed by atoms with Gasteiger partial charge < -0.3 is 19.5 Å². The van der Waals surface area contributed by atoms with Crippen LogP contribution in [0.4, 0.5) is 4.79 Å². The summed E-state index contributed by atoms with van der Waals surface area (Å²) in [6.45, 7) is 2.58. The zero-order valence-corrected chi connectivity index (χ0v) is 24.2.